The highest BCUT2D eigenvalue weighted by Gasteiger charge is 2.29. The summed E-state index contributed by atoms with van der Waals surface area (Å²) in [5.41, 5.74) is 2.26. The number of nitrogens with one attached hydrogen (secondary N) is 1. The number of quaternary nitrogens is 1. The van der Waals surface area contributed by atoms with Gasteiger partial charge in [-0.3, -0.25) is 4.79 Å². The summed E-state index contributed by atoms with van der Waals surface area (Å²) < 4.78 is 23.0. The number of hydrogen-bond donors (Lipinski definition) is 2. The highest BCUT2D eigenvalue weighted by atomic mass is 32.2. The van der Waals surface area contributed by atoms with Gasteiger partial charge in [0.1, 0.15) is 6.04 Å². The molecule has 0 radical (unpaired) electrons. The van der Waals surface area contributed by atoms with Gasteiger partial charge in [0.15, 0.2) is 16.4 Å². The second kappa shape index (κ2) is 7.80. The van der Waals surface area contributed by atoms with Crippen molar-refractivity contribution in [3.8, 4) is 0 Å². The van der Waals surface area contributed by atoms with E-state index < -0.39 is 9.84 Å². The standard InChI is InChI=1S/C19H22N2O3S/c22-18(21-17-11-12-25(23,24)14-17)13-20-19(15-7-3-1-4-8-15)16-9-5-2-6-10-16/h1-10,17,19-20H,11-14H2,(H,21,22)/p+1/t17-/m0/s1. The Morgan fingerprint density at radius 1 is 1.04 bits per heavy atom. The van der Waals surface area contributed by atoms with Crippen LogP contribution in [0.2, 0.25) is 0 Å². The van der Waals surface area contributed by atoms with Gasteiger partial charge in [0.25, 0.3) is 5.91 Å². The van der Waals surface area contributed by atoms with Gasteiger partial charge in [-0.25, -0.2) is 8.42 Å². The third-order valence-corrected chi connectivity index (χ3v) is 6.22. The molecular weight excluding hydrogens is 336 g/mol. The van der Waals surface area contributed by atoms with E-state index in [0.29, 0.717) is 6.42 Å². The van der Waals surface area contributed by atoms with Gasteiger partial charge in [-0.15, -0.1) is 0 Å². The third-order valence-electron chi connectivity index (χ3n) is 4.45. The molecule has 0 spiro atoms. The predicted molar refractivity (Wildman–Crippen MR) is 96.7 cm³/mol. The molecule has 2 aromatic carbocycles. The molecule has 1 atom stereocenters. The van der Waals surface area contributed by atoms with E-state index in [0.717, 1.165) is 11.1 Å². The Bertz CT molecular complexity index is 768. The summed E-state index contributed by atoms with van der Waals surface area (Å²) >= 11 is 0. The summed E-state index contributed by atoms with van der Waals surface area (Å²) in [6, 6.07) is 19.9. The molecule has 25 heavy (non-hydrogen) atoms. The van der Waals surface area contributed by atoms with Crippen molar-refractivity contribution in [2.24, 2.45) is 0 Å². The quantitative estimate of drug-likeness (QED) is 0.794. The maximum Gasteiger partial charge on any atom is 0.275 e. The zero-order chi connectivity index (χ0) is 17.7. The van der Waals surface area contributed by atoms with Crippen LogP contribution in [0.3, 0.4) is 0 Å². The van der Waals surface area contributed by atoms with Crippen molar-refractivity contribution in [1.82, 2.24) is 5.32 Å². The molecule has 1 fully saturated rings. The first-order valence-electron chi connectivity index (χ1n) is 8.46. The lowest BCUT2D eigenvalue weighted by molar-refractivity contribution is -0.676. The van der Waals surface area contributed by atoms with Crippen molar-refractivity contribution < 1.29 is 18.5 Å². The smallest absolute Gasteiger partial charge is 0.275 e. The van der Waals surface area contributed by atoms with Crippen molar-refractivity contribution in [2.45, 2.75) is 18.5 Å². The van der Waals surface area contributed by atoms with Gasteiger partial charge in [-0.05, 0) is 6.42 Å². The van der Waals surface area contributed by atoms with Crippen molar-refractivity contribution in [1.29, 1.82) is 0 Å². The van der Waals surface area contributed by atoms with E-state index in [1.54, 1.807) is 0 Å². The maximum absolute atomic E-state index is 12.2. The normalized spacial score (nSPS) is 19.0. The maximum atomic E-state index is 12.2. The number of carbonyl (C=O) groups excluding carboxylic acids is 1. The summed E-state index contributed by atoms with van der Waals surface area (Å²) in [5, 5.41) is 4.83. The van der Waals surface area contributed by atoms with E-state index in [-0.39, 0.29) is 36.0 Å². The average Bonchev–Trinajstić information content (AvgIpc) is 2.95. The zero-order valence-corrected chi connectivity index (χ0v) is 14.8. The number of sulfone groups is 1. The van der Waals surface area contributed by atoms with Gasteiger partial charge >= 0.3 is 0 Å². The highest BCUT2D eigenvalue weighted by Crippen LogP contribution is 2.17. The zero-order valence-electron chi connectivity index (χ0n) is 14.0. The minimum atomic E-state index is -2.98. The van der Waals surface area contributed by atoms with Gasteiger partial charge in [-0.1, -0.05) is 60.7 Å². The van der Waals surface area contributed by atoms with Gasteiger partial charge in [0.2, 0.25) is 0 Å². The molecule has 1 amide bonds. The topological polar surface area (TPSA) is 79.8 Å². The Balaban J connectivity index is 1.64. The molecule has 5 nitrogen and oxygen atoms in total. The fraction of sp³-hybridized carbons (Fsp3) is 0.316. The van der Waals surface area contributed by atoms with Crippen LogP contribution in [-0.4, -0.2) is 38.4 Å². The van der Waals surface area contributed by atoms with Crippen LogP contribution >= 0.6 is 0 Å². The van der Waals surface area contributed by atoms with Crippen LogP contribution < -0.4 is 10.6 Å². The molecule has 0 aliphatic carbocycles. The molecule has 0 aromatic heterocycles. The first-order valence-corrected chi connectivity index (χ1v) is 10.3. The molecule has 2 aromatic rings. The predicted octanol–water partition coefficient (Wildman–Crippen LogP) is 0.643. The van der Waals surface area contributed by atoms with Crippen LogP contribution in [0.1, 0.15) is 23.6 Å². The molecule has 1 heterocycles. The number of hydrogen-bond acceptors (Lipinski definition) is 3. The van der Waals surface area contributed by atoms with Crippen molar-refractivity contribution in [2.75, 3.05) is 18.1 Å². The van der Waals surface area contributed by atoms with Crippen molar-refractivity contribution >= 4 is 15.7 Å². The second-order valence-corrected chi connectivity index (χ2v) is 8.64. The molecule has 3 N–H and O–H groups in total. The summed E-state index contributed by atoms with van der Waals surface area (Å²) in [7, 11) is -2.98. The average molecular weight is 359 g/mol. The minimum absolute atomic E-state index is 0.0282. The fourth-order valence-corrected chi connectivity index (χ4v) is 4.88. The third kappa shape index (κ3) is 4.90. The largest absolute Gasteiger partial charge is 0.347 e. The number of benzene rings is 2. The van der Waals surface area contributed by atoms with E-state index in [2.05, 4.69) is 29.6 Å². The summed E-state index contributed by atoms with van der Waals surface area (Å²) in [4.78, 5) is 12.2. The monoisotopic (exact) mass is 359 g/mol. The van der Waals surface area contributed by atoms with Gasteiger partial charge in [0.05, 0.1) is 11.5 Å². The number of nitrogens with two attached hydrogens (primary N) is 1. The minimum Gasteiger partial charge on any atom is -0.347 e. The van der Waals surface area contributed by atoms with E-state index in [1.807, 2.05) is 41.7 Å². The lowest BCUT2D eigenvalue weighted by Crippen LogP contribution is -2.88. The number of amides is 1. The van der Waals surface area contributed by atoms with Crippen LogP contribution in [0.5, 0.6) is 0 Å². The Hall–Kier alpha value is -2.18. The lowest BCUT2D eigenvalue weighted by atomic mass is 9.99. The van der Waals surface area contributed by atoms with E-state index >= 15 is 0 Å². The fourth-order valence-electron chi connectivity index (χ4n) is 3.21. The van der Waals surface area contributed by atoms with Crippen LogP contribution in [0.4, 0.5) is 0 Å². The van der Waals surface area contributed by atoms with Crippen LogP contribution in [0.15, 0.2) is 60.7 Å². The Labute approximate surface area is 148 Å². The van der Waals surface area contributed by atoms with E-state index in [1.165, 1.54) is 0 Å². The van der Waals surface area contributed by atoms with E-state index in [9.17, 15) is 13.2 Å². The lowest BCUT2D eigenvalue weighted by Gasteiger charge is -2.17. The second-order valence-electron chi connectivity index (χ2n) is 6.41. The molecule has 1 aliphatic heterocycles. The summed E-state index contributed by atoms with van der Waals surface area (Å²) in [5.74, 6) is 0.0941. The molecule has 0 saturated carbocycles. The summed E-state index contributed by atoms with van der Waals surface area (Å²) in [6.07, 6.45) is 0.509. The molecular formula is C19H23N2O3S+. The van der Waals surface area contributed by atoms with Crippen LogP contribution in [-0.2, 0) is 14.6 Å². The van der Waals surface area contributed by atoms with Crippen LogP contribution in [0, 0.1) is 0 Å². The molecule has 3 rings (SSSR count). The van der Waals surface area contributed by atoms with Crippen molar-refractivity contribution in [3.63, 3.8) is 0 Å². The van der Waals surface area contributed by atoms with Gasteiger partial charge in [-0.2, -0.15) is 0 Å². The Morgan fingerprint density at radius 2 is 1.60 bits per heavy atom. The molecule has 6 heteroatoms. The number of carbonyl (C=O) groups is 1. The van der Waals surface area contributed by atoms with Gasteiger partial charge in [0, 0.05) is 17.2 Å². The summed E-state index contributed by atoms with van der Waals surface area (Å²) in [6.45, 7) is 0.255. The van der Waals surface area contributed by atoms with Gasteiger partial charge < -0.3 is 10.6 Å². The SMILES string of the molecule is O=C(C[NH2+]C(c1ccccc1)c1ccccc1)N[C@H]1CCS(=O)(=O)C1. The molecule has 1 aliphatic rings. The van der Waals surface area contributed by atoms with Crippen LogP contribution in [0.25, 0.3) is 0 Å². The van der Waals surface area contributed by atoms with Crippen molar-refractivity contribution in [3.05, 3.63) is 71.8 Å². The highest BCUT2D eigenvalue weighted by molar-refractivity contribution is 7.91. The first kappa shape index (κ1) is 17.6. The molecule has 132 valence electrons. The number of rotatable bonds is 6. The Kier molecular flexibility index (Phi) is 5.50. The first-order chi connectivity index (χ1) is 12.0. The molecule has 0 unspecified atom stereocenters. The Morgan fingerprint density at radius 3 is 2.08 bits per heavy atom. The van der Waals surface area contributed by atoms with E-state index in [4.69, 9.17) is 0 Å². The molecule has 1 saturated heterocycles. The molecule has 0 bridgehead atoms.